The van der Waals surface area contributed by atoms with E-state index in [9.17, 15) is 0 Å². The summed E-state index contributed by atoms with van der Waals surface area (Å²) in [6.07, 6.45) is 2.10. The SMILES string of the molecule is O/N=C\C(/C=N\O)=Nc1ccc(Cl)cc1. The molecule has 0 amide bonds. The lowest BCUT2D eigenvalue weighted by Crippen LogP contribution is -2.00. The van der Waals surface area contributed by atoms with Gasteiger partial charge in [0.2, 0.25) is 0 Å². The van der Waals surface area contributed by atoms with Gasteiger partial charge >= 0.3 is 0 Å². The molecule has 0 atom stereocenters. The minimum atomic E-state index is 0.210. The topological polar surface area (TPSA) is 77.5 Å². The molecule has 0 radical (unpaired) electrons. The van der Waals surface area contributed by atoms with Gasteiger partial charge in [0.15, 0.2) is 0 Å². The summed E-state index contributed by atoms with van der Waals surface area (Å²) < 4.78 is 0. The van der Waals surface area contributed by atoms with Crippen LogP contribution in [0, 0.1) is 0 Å². The van der Waals surface area contributed by atoms with Gasteiger partial charge in [0.1, 0.15) is 5.71 Å². The molecule has 5 nitrogen and oxygen atoms in total. The average Bonchev–Trinajstić information content (AvgIpc) is 2.22. The summed E-state index contributed by atoms with van der Waals surface area (Å²) in [7, 11) is 0. The second-order valence-corrected chi connectivity index (χ2v) is 2.94. The van der Waals surface area contributed by atoms with E-state index in [2.05, 4.69) is 15.3 Å². The van der Waals surface area contributed by atoms with E-state index in [-0.39, 0.29) is 5.71 Å². The summed E-state index contributed by atoms with van der Waals surface area (Å²) in [6, 6.07) is 6.70. The third-order valence-corrected chi connectivity index (χ3v) is 1.72. The van der Waals surface area contributed by atoms with Crippen LogP contribution in [-0.4, -0.2) is 28.6 Å². The first-order valence-electron chi connectivity index (χ1n) is 3.95. The Labute approximate surface area is 91.0 Å². The maximum Gasteiger partial charge on any atom is 0.107 e. The van der Waals surface area contributed by atoms with Crippen molar-refractivity contribution in [3.8, 4) is 0 Å². The van der Waals surface area contributed by atoms with Crippen LogP contribution < -0.4 is 0 Å². The number of benzene rings is 1. The third-order valence-electron chi connectivity index (χ3n) is 1.46. The molecule has 1 aromatic rings. The van der Waals surface area contributed by atoms with E-state index in [1.807, 2.05) is 0 Å². The lowest BCUT2D eigenvalue weighted by molar-refractivity contribution is 0.321. The molecule has 0 aliphatic carbocycles. The number of hydrogen-bond donors (Lipinski definition) is 2. The molecule has 0 saturated carbocycles. The van der Waals surface area contributed by atoms with Crippen molar-refractivity contribution in [3.63, 3.8) is 0 Å². The maximum absolute atomic E-state index is 8.31. The Morgan fingerprint density at radius 3 is 2.07 bits per heavy atom. The number of rotatable bonds is 3. The minimum Gasteiger partial charge on any atom is -0.411 e. The Morgan fingerprint density at radius 2 is 1.60 bits per heavy atom. The molecule has 0 aliphatic heterocycles. The van der Waals surface area contributed by atoms with Gasteiger partial charge in [-0.05, 0) is 24.3 Å². The molecular formula is C9H8ClN3O2. The Bertz CT molecular complexity index is 384. The summed E-state index contributed by atoms with van der Waals surface area (Å²) in [5.41, 5.74) is 0.816. The van der Waals surface area contributed by atoms with Crippen LogP contribution in [-0.2, 0) is 0 Å². The zero-order valence-electron chi connectivity index (χ0n) is 7.58. The van der Waals surface area contributed by atoms with Gasteiger partial charge in [-0.3, -0.25) is 0 Å². The maximum atomic E-state index is 8.31. The highest BCUT2D eigenvalue weighted by molar-refractivity contribution is 6.56. The second-order valence-electron chi connectivity index (χ2n) is 2.50. The molecule has 0 fully saturated rings. The molecule has 15 heavy (non-hydrogen) atoms. The Morgan fingerprint density at radius 1 is 1.07 bits per heavy atom. The first kappa shape index (κ1) is 11.2. The summed E-state index contributed by atoms with van der Waals surface area (Å²) in [5.74, 6) is 0. The van der Waals surface area contributed by atoms with Gasteiger partial charge in [-0.2, -0.15) is 0 Å². The number of oxime groups is 2. The Kier molecular flexibility index (Phi) is 4.30. The first-order chi connectivity index (χ1) is 7.26. The highest BCUT2D eigenvalue weighted by Gasteiger charge is 1.94. The standard InChI is InChI=1S/C9H8ClN3O2/c10-7-1-3-8(4-2-7)13-9(5-11-14)6-12-15/h1-6,14-15H/b11-5-,12-6-. The summed E-state index contributed by atoms with van der Waals surface area (Å²) in [6.45, 7) is 0. The zero-order chi connectivity index (χ0) is 11.1. The predicted octanol–water partition coefficient (Wildman–Crippen LogP) is 2.33. The fraction of sp³-hybridized carbons (Fsp3) is 0. The second kappa shape index (κ2) is 5.77. The van der Waals surface area contributed by atoms with Crippen LogP contribution in [0.4, 0.5) is 5.69 Å². The van der Waals surface area contributed by atoms with E-state index >= 15 is 0 Å². The Hall–Kier alpha value is -1.88. The first-order valence-corrected chi connectivity index (χ1v) is 4.33. The fourth-order valence-electron chi connectivity index (χ4n) is 0.874. The average molecular weight is 226 g/mol. The molecule has 0 saturated heterocycles. The van der Waals surface area contributed by atoms with E-state index in [1.165, 1.54) is 0 Å². The molecule has 2 N–H and O–H groups in total. The number of nitrogens with zero attached hydrogens (tertiary/aromatic N) is 3. The van der Waals surface area contributed by atoms with E-state index < -0.39 is 0 Å². The molecule has 78 valence electrons. The van der Waals surface area contributed by atoms with E-state index in [0.29, 0.717) is 10.7 Å². The molecular weight excluding hydrogens is 218 g/mol. The van der Waals surface area contributed by atoms with Gasteiger partial charge in [0, 0.05) is 5.02 Å². The predicted molar refractivity (Wildman–Crippen MR) is 59.1 cm³/mol. The van der Waals surface area contributed by atoms with E-state index in [4.69, 9.17) is 22.0 Å². The van der Waals surface area contributed by atoms with E-state index in [1.54, 1.807) is 24.3 Å². The molecule has 0 unspecified atom stereocenters. The third kappa shape index (κ3) is 3.78. The molecule has 1 aromatic carbocycles. The fourth-order valence-corrected chi connectivity index (χ4v) is 1.00. The lowest BCUT2D eigenvalue weighted by atomic mass is 10.3. The van der Waals surface area contributed by atoms with Crippen LogP contribution in [0.2, 0.25) is 5.02 Å². The monoisotopic (exact) mass is 225 g/mol. The van der Waals surface area contributed by atoms with Crippen molar-refractivity contribution in [1.82, 2.24) is 0 Å². The summed E-state index contributed by atoms with van der Waals surface area (Å²) in [4.78, 5) is 4.02. The van der Waals surface area contributed by atoms with Crippen LogP contribution in [0.1, 0.15) is 0 Å². The molecule has 0 heterocycles. The zero-order valence-corrected chi connectivity index (χ0v) is 8.33. The summed E-state index contributed by atoms with van der Waals surface area (Å²) >= 11 is 5.69. The highest BCUT2D eigenvalue weighted by Crippen LogP contribution is 2.15. The largest absolute Gasteiger partial charge is 0.411 e. The van der Waals surface area contributed by atoms with Crippen molar-refractivity contribution in [2.24, 2.45) is 15.3 Å². The lowest BCUT2D eigenvalue weighted by Gasteiger charge is -1.94. The molecule has 0 spiro atoms. The summed E-state index contributed by atoms with van der Waals surface area (Å²) in [5, 5.41) is 22.8. The molecule has 0 aliphatic rings. The van der Waals surface area contributed by atoms with Crippen molar-refractivity contribution < 1.29 is 10.4 Å². The molecule has 6 heteroatoms. The van der Waals surface area contributed by atoms with Crippen LogP contribution >= 0.6 is 11.6 Å². The van der Waals surface area contributed by atoms with Crippen molar-refractivity contribution in [3.05, 3.63) is 29.3 Å². The van der Waals surface area contributed by atoms with Crippen molar-refractivity contribution in [1.29, 1.82) is 0 Å². The molecule has 1 rings (SSSR count). The van der Waals surface area contributed by atoms with Crippen molar-refractivity contribution in [2.75, 3.05) is 0 Å². The van der Waals surface area contributed by atoms with Crippen molar-refractivity contribution in [2.45, 2.75) is 0 Å². The van der Waals surface area contributed by atoms with Crippen LogP contribution in [0.15, 0.2) is 39.6 Å². The van der Waals surface area contributed by atoms with Crippen LogP contribution in [0.25, 0.3) is 0 Å². The van der Waals surface area contributed by atoms with Gasteiger partial charge in [0.05, 0.1) is 18.1 Å². The van der Waals surface area contributed by atoms with Gasteiger partial charge in [0.25, 0.3) is 0 Å². The van der Waals surface area contributed by atoms with Crippen molar-refractivity contribution >= 4 is 35.4 Å². The van der Waals surface area contributed by atoms with Crippen LogP contribution in [0.3, 0.4) is 0 Å². The quantitative estimate of drug-likeness (QED) is 0.471. The minimum absolute atomic E-state index is 0.210. The molecule has 0 bridgehead atoms. The Balaban J connectivity index is 2.96. The van der Waals surface area contributed by atoms with Gasteiger partial charge in [-0.25, -0.2) is 4.99 Å². The number of hydrogen-bond acceptors (Lipinski definition) is 5. The van der Waals surface area contributed by atoms with Gasteiger partial charge in [-0.15, -0.1) is 0 Å². The number of aliphatic imine (C=N–C) groups is 1. The van der Waals surface area contributed by atoms with E-state index in [0.717, 1.165) is 12.4 Å². The molecule has 0 aromatic heterocycles. The smallest absolute Gasteiger partial charge is 0.107 e. The highest BCUT2D eigenvalue weighted by atomic mass is 35.5. The van der Waals surface area contributed by atoms with Crippen LogP contribution in [0.5, 0.6) is 0 Å². The number of halogens is 1. The van der Waals surface area contributed by atoms with Gasteiger partial charge < -0.3 is 10.4 Å². The van der Waals surface area contributed by atoms with Gasteiger partial charge in [-0.1, -0.05) is 21.9 Å². The normalized spacial score (nSPS) is 11.0.